The van der Waals surface area contributed by atoms with Crippen LogP contribution in [0.25, 0.3) is 0 Å². The van der Waals surface area contributed by atoms with Gasteiger partial charge in [0.15, 0.2) is 5.96 Å². The molecule has 0 aliphatic carbocycles. The summed E-state index contributed by atoms with van der Waals surface area (Å²) in [5.41, 5.74) is 0. The van der Waals surface area contributed by atoms with Crippen molar-refractivity contribution in [2.24, 2.45) is 4.99 Å². The molecule has 0 aromatic heterocycles. The van der Waals surface area contributed by atoms with Crippen LogP contribution < -0.4 is 5.32 Å². The number of nitrogens with zero attached hydrogens (tertiary/aromatic N) is 4. The topological polar surface area (TPSA) is 51.2 Å². The molecule has 0 spiro atoms. The van der Waals surface area contributed by atoms with E-state index in [9.17, 15) is 4.79 Å². The van der Waals surface area contributed by atoms with Crippen molar-refractivity contribution in [3.63, 3.8) is 0 Å². The Morgan fingerprint density at radius 1 is 1.17 bits per heavy atom. The molecule has 0 aromatic rings. The number of rotatable bonds is 4. The summed E-state index contributed by atoms with van der Waals surface area (Å²) in [6.07, 6.45) is 7.59. The van der Waals surface area contributed by atoms with E-state index < -0.39 is 0 Å². The molecule has 23 heavy (non-hydrogen) atoms. The minimum atomic E-state index is -0.0273. The molecule has 2 heterocycles. The first-order chi connectivity index (χ1) is 11.2. The summed E-state index contributed by atoms with van der Waals surface area (Å²) >= 11 is 0. The maximum Gasteiger partial charge on any atom is 0.239 e. The number of carbonyl (C=O) groups excluding carboxylic acids is 1. The summed E-state index contributed by atoms with van der Waals surface area (Å²) in [5.74, 6) is 3.71. The lowest BCUT2D eigenvalue weighted by Crippen LogP contribution is -2.57. The molecule has 0 saturated carbocycles. The molecule has 0 aromatic carbocycles. The Hall–Kier alpha value is -1.74. The van der Waals surface area contributed by atoms with Crippen LogP contribution in [0.1, 0.15) is 26.7 Å². The number of hydrogen-bond acceptors (Lipinski definition) is 3. The van der Waals surface area contributed by atoms with E-state index in [0.717, 1.165) is 64.6 Å². The number of aliphatic imine (C=N–C) groups is 1. The number of likely N-dealkylation sites (tertiary alicyclic amines) is 1. The highest BCUT2D eigenvalue weighted by Crippen LogP contribution is 2.14. The fourth-order valence-electron chi connectivity index (χ4n) is 3.23. The second kappa shape index (κ2) is 8.78. The van der Waals surface area contributed by atoms with Crippen LogP contribution in [0, 0.1) is 12.3 Å². The van der Waals surface area contributed by atoms with Gasteiger partial charge in [-0.05, 0) is 26.7 Å². The third-order valence-corrected chi connectivity index (χ3v) is 4.59. The Morgan fingerprint density at radius 3 is 2.39 bits per heavy atom. The minimum Gasteiger partial charge on any atom is -0.356 e. The molecule has 2 rings (SSSR count). The Bertz CT molecular complexity index is 456. The molecular weight excluding hydrogens is 290 g/mol. The van der Waals surface area contributed by atoms with Crippen molar-refractivity contribution >= 4 is 11.9 Å². The number of carbonyl (C=O) groups is 1. The van der Waals surface area contributed by atoms with E-state index in [-0.39, 0.29) is 11.9 Å². The molecule has 1 unspecified atom stereocenters. The lowest BCUT2D eigenvalue weighted by atomic mass is 10.2. The Kier molecular flexibility index (Phi) is 6.72. The summed E-state index contributed by atoms with van der Waals surface area (Å²) in [4.78, 5) is 23.5. The maximum atomic E-state index is 12.5. The highest BCUT2D eigenvalue weighted by molar-refractivity contribution is 5.82. The first-order valence-corrected chi connectivity index (χ1v) is 8.67. The van der Waals surface area contributed by atoms with E-state index in [1.807, 2.05) is 11.8 Å². The lowest BCUT2D eigenvalue weighted by Gasteiger charge is -2.39. The van der Waals surface area contributed by atoms with Crippen molar-refractivity contribution in [1.29, 1.82) is 0 Å². The van der Waals surface area contributed by atoms with E-state index in [1.54, 1.807) is 0 Å². The normalized spacial score (nSPS) is 21.2. The number of hydrogen-bond donors (Lipinski definition) is 1. The molecular formula is C17H29N5O. The van der Waals surface area contributed by atoms with Crippen LogP contribution in [-0.4, -0.2) is 85.0 Å². The molecule has 2 aliphatic heterocycles. The number of terminal acetylenes is 1. The molecule has 128 valence electrons. The lowest BCUT2D eigenvalue weighted by molar-refractivity contribution is -0.135. The average molecular weight is 319 g/mol. The monoisotopic (exact) mass is 319 g/mol. The van der Waals surface area contributed by atoms with Crippen LogP contribution in [0.5, 0.6) is 0 Å². The summed E-state index contributed by atoms with van der Waals surface area (Å²) in [6.45, 7) is 10.6. The zero-order valence-corrected chi connectivity index (χ0v) is 14.4. The van der Waals surface area contributed by atoms with Gasteiger partial charge in [0.05, 0.1) is 6.04 Å². The van der Waals surface area contributed by atoms with Gasteiger partial charge >= 0.3 is 0 Å². The quantitative estimate of drug-likeness (QED) is 0.457. The molecule has 2 aliphatic rings. The van der Waals surface area contributed by atoms with Crippen molar-refractivity contribution in [2.45, 2.75) is 32.7 Å². The fourth-order valence-corrected chi connectivity index (χ4v) is 3.23. The van der Waals surface area contributed by atoms with Crippen molar-refractivity contribution in [1.82, 2.24) is 20.0 Å². The van der Waals surface area contributed by atoms with Crippen LogP contribution in [0.4, 0.5) is 0 Å². The van der Waals surface area contributed by atoms with Gasteiger partial charge in [-0.15, -0.1) is 6.42 Å². The van der Waals surface area contributed by atoms with E-state index in [2.05, 4.69) is 33.0 Å². The number of nitrogens with one attached hydrogen (secondary N) is 1. The van der Waals surface area contributed by atoms with Gasteiger partial charge in [0.25, 0.3) is 0 Å². The van der Waals surface area contributed by atoms with Crippen LogP contribution >= 0.6 is 0 Å². The molecule has 1 atom stereocenters. The highest BCUT2D eigenvalue weighted by Gasteiger charge is 2.30. The van der Waals surface area contributed by atoms with Crippen LogP contribution in [0.3, 0.4) is 0 Å². The van der Waals surface area contributed by atoms with Crippen LogP contribution in [-0.2, 0) is 4.79 Å². The zero-order chi connectivity index (χ0) is 16.7. The summed E-state index contributed by atoms with van der Waals surface area (Å²) in [6, 6.07) is -0.0273. The SMILES string of the molecule is C#CCN=C(NCC)N1CCN(C(C)C(=O)N2CCCC2)CC1. The average Bonchev–Trinajstić information content (AvgIpc) is 3.12. The number of piperazine rings is 1. The molecule has 0 radical (unpaired) electrons. The van der Waals surface area contributed by atoms with Crippen LogP contribution in [0.15, 0.2) is 4.99 Å². The highest BCUT2D eigenvalue weighted by atomic mass is 16.2. The molecule has 6 heteroatoms. The fraction of sp³-hybridized carbons (Fsp3) is 0.765. The standard InChI is InChI=1S/C17H29N5O/c1-4-8-19-17(18-5-2)22-13-11-20(12-14-22)15(3)16(23)21-9-6-7-10-21/h1,15H,5-14H2,2-3H3,(H,18,19). The van der Waals surface area contributed by atoms with Crippen molar-refractivity contribution in [3.05, 3.63) is 0 Å². The second-order valence-corrected chi connectivity index (χ2v) is 6.11. The molecule has 6 nitrogen and oxygen atoms in total. The maximum absolute atomic E-state index is 12.5. The van der Waals surface area contributed by atoms with Gasteiger partial charge in [0, 0.05) is 45.8 Å². The number of guanidine groups is 1. The summed E-state index contributed by atoms with van der Waals surface area (Å²) < 4.78 is 0. The smallest absolute Gasteiger partial charge is 0.239 e. The molecule has 2 fully saturated rings. The van der Waals surface area contributed by atoms with Gasteiger partial charge in [-0.25, -0.2) is 4.99 Å². The van der Waals surface area contributed by atoms with E-state index >= 15 is 0 Å². The number of amides is 1. The second-order valence-electron chi connectivity index (χ2n) is 6.11. The van der Waals surface area contributed by atoms with Gasteiger partial charge in [0.2, 0.25) is 5.91 Å². The Morgan fingerprint density at radius 2 is 1.83 bits per heavy atom. The van der Waals surface area contributed by atoms with Crippen molar-refractivity contribution < 1.29 is 4.79 Å². The summed E-state index contributed by atoms with van der Waals surface area (Å²) in [5, 5.41) is 3.29. The predicted octanol–water partition coefficient (Wildman–Crippen LogP) is 0.214. The third-order valence-electron chi connectivity index (χ3n) is 4.59. The van der Waals surface area contributed by atoms with Gasteiger partial charge < -0.3 is 15.1 Å². The summed E-state index contributed by atoms with van der Waals surface area (Å²) in [7, 11) is 0. The largest absolute Gasteiger partial charge is 0.356 e. The Balaban J connectivity index is 1.87. The van der Waals surface area contributed by atoms with E-state index in [0.29, 0.717) is 6.54 Å². The molecule has 2 saturated heterocycles. The van der Waals surface area contributed by atoms with Gasteiger partial charge in [0.1, 0.15) is 6.54 Å². The van der Waals surface area contributed by atoms with Crippen molar-refractivity contribution in [2.75, 3.05) is 52.4 Å². The molecule has 0 bridgehead atoms. The predicted molar refractivity (Wildman–Crippen MR) is 93.2 cm³/mol. The van der Waals surface area contributed by atoms with Crippen LogP contribution in [0.2, 0.25) is 0 Å². The minimum absolute atomic E-state index is 0.0273. The first-order valence-electron chi connectivity index (χ1n) is 8.67. The Labute approximate surface area is 139 Å². The van der Waals surface area contributed by atoms with Gasteiger partial charge in [-0.1, -0.05) is 5.92 Å². The third kappa shape index (κ3) is 4.61. The van der Waals surface area contributed by atoms with Gasteiger partial charge in [-0.3, -0.25) is 9.69 Å². The zero-order valence-electron chi connectivity index (χ0n) is 14.4. The molecule has 1 N–H and O–H groups in total. The van der Waals surface area contributed by atoms with Crippen molar-refractivity contribution in [3.8, 4) is 12.3 Å². The van der Waals surface area contributed by atoms with Gasteiger partial charge in [-0.2, -0.15) is 0 Å². The van der Waals surface area contributed by atoms with E-state index in [1.165, 1.54) is 0 Å². The first kappa shape index (κ1) is 17.6. The van der Waals surface area contributed by atoms with E-state index in [4.69, 9.17) is 6.42 Å². The molecule has 1 amide bonds.